The fraction of sp³-hybridized carbons (Fsp3) is 0.179. The fourth-order valence-corrected chi connectivity index (χ4v) is 4.21. The molecule has 3 aromatic rings. The topological polar surface area (TPSA) is 107 Å². The zero-order chi connectivity index (χ0) is 28.1. The second-order valence-electron chi connectivity index (χ2n) is 8.38. The third-order valence-corrected chi connectivity index (χ3v) is 6.48. The van der Waals surface area contributed by atoms with Crippen molar-refractivity contribution < 1.29 is 33.0 Å². The van der Waals surface area contributed by atoms with Gasteiger partial charge in [-0.2, -0.15) is 0 Å². The Bertz CT molecular complexity index is 1480. The molecule has 9 nitrogen and oxygen atoms in total. The number of ether oxygens (including phenoxy) is 3. The first-order valence-electron chi connectivity index (χ1n) is 11.6. The second kappa shape index (κ2) is 12.1. The predicted molar refractivity (Wildman–Crippen MR) is 145 cm³/mol. The quantitative estimate of drug-likeness (QED) is 0.142. The number of imide groups is 1. The van der Waals surface area contributed by atoms with E-state index in [1.807, 2.05) is 12.1 Å². The minimum atomic E-state index is -0.660. The zero-order valence-electron chi connectivity index (χ0n) is 21.1. The number of halogens is 2. The van der Waals surface area contributed by atoms with Crippen LogP contribution in [0.5, 0.6) is 11.5 Å². The van der Waals surface area contributed by atoms with E-state index in [0.29, 0.717) is 33.5 Å². The van der Waals surface area contributed by atoms with E-state index < -0.39 is 17.9 Å². The molecule has 0 saturated carbocycles. The van der Waals surface area contributed by atoms with Gasteiger partial charge in [0.2, 0.25) is 5.76 Å². The van der Waals surface area contributed by atoms with Crippen LogP contribution >= 0.6 is 23.2 Å². The molecule has 4 rings (SSSR count). The molecule has 39 heavy (non-hydrogen) atoms. The fourth-order valence-electron chi connectivity index (χ4n) is 3.89. The molecule has 0 unspecified atom stereocenters. The van der Waals surface area contributed by atoms with Crippen molar-refractivity contribution in [3.63, 3.8) is 0 Å². The van der Waals surface area contributed by atoms with Gasteiger partial charge in [-0.25, -0.2) is 9.59 Å². The van der Waals surface area contributed by atoms with Gasteiger partial charge in [0.15, 0.2) is 11.5 Å². The number of esters is 1. The lowest BCUT2D eigenvalue weighted by Gasteiger charge is -2.16. The van der Waals surface area contributed by atoms with Crippen LogP contribution in [0.2, 0.25) is 10.0 Å². The summed E-state index contributed by atoms with van der Waals surface area (Å²) in [7, 11) is 2.73. The number of carbonyl (C=O) groups is 3. The van der Waals surface area contributed by atoms with E-state index in [0.717, 1.165) is 16.0 Å². The minimum absolute atomic E-state index is 0.0290. The first kappa shape index (κ1) is 27.8. The van der Waals surface area contributed by atoms with Crippen LogP contribution in [0.25, 0.3) is 6.08 Å². The van der Waals surface area contributed by atoms with Gasteiger partial charge in [-0.1, -0.05) is 35.3 Å². The van der Waals surface area contributed by atoms with Crippen molar-refractivity contribution in [1.29, 1.82) is 0 Å². The number of benzene rings is 2. The van der Waals surface area contributed by atoms with Crippen LogP contribution in [-0.2, 0) is 29.1 Å². The van der Waals surface area contributed by atoms with Gasteiger partial charge in [0, 0.05) is 5.56 Å². The Hall–Kier alpha value is -4.21. The van der Waals surface area contributed by atoms with E-state index in [1.54, 1.807) is 30.4 Å². The summed E-state index contributed by atoms with van der Waals surface area (Å²) >= 11 is 12.1. The molecular weight excluding hydrogens is 547 g/mol. The van der Waals surface area contributed by atoms with Gasteiger partial charge in [0.1, 0.15) is 18.1 Å². The molecule has 2 heterocycles. The Morgan fingerprint density at radius 3 is 2.59 bits per heavy atom. The number of carbonyl (C=O) groups excluding carboxylic acids is 3. The molecule has 1 aliphatic heterocycles. The Balaban J connectivity index is 1.56. The van der Waals surface area contributed by atoms with Gasteiger partial charge < -0.3 is 23.9 Å². The average Bonchev–Trinajstić information content (AvgIpc) is 3.49. The molecule has 0 radical (unpaired) electrons. The van der Waals surface area contributed by atoms with Gasteiger partial charge in [0.05, 0.1) is 30.8 Å². The number of urea groups is 1. The number of hydrogen-bond acceptors (Lipinski definition) is 7. The number of hydrogen-bond donors (Lipinski definition) is 1. The van der Waals surface area contributed by atoms with E-state index in [4.69, 9.17) is 37.1 Å². The van der Waals surface area contributed by atoms with E-state index in [1.165, 1.54) is 26.4 Å². The van der Waals surface area contributed by atoms with Gasteiger partial charge in [-0.05, 0) is 60.0 Å². The van der Waals surface area contributed by atoms with Crippen molar-refractivity contribution in [2.45, 2.75) is 19.6 Å². The standard InChI is InChI=1S/C28H24Cl2N2O7/c1-4-5-18-10-17(13-24(36-2)25(18)38-15-16-6-8-20(29)21(30)11-16)12-22-26(33)32(28(35)31-22)14-19-7-9-23(39-19)27(34)37-3/h4,6-13H,1,5,14-15H2,2-3H3,(H,31,35)/b22-12-. The maximum absolute atomic E-state index is 13.0. The molecular formula is C28H24Cl2N2O7. The first-order chi connectivity index (χ1) is 18.7. The van der Waals surface area contributed by atoms with Crippen LogP contribution in [0, 0.1) is 0 Å². The van der Waals surface area contributed by atoms with Crippen molar-refractivity contribution >= 4 is 47.2 Å². The zero-order valence-corrected chi connectivity index (χ0v) is 22.6. The lowest BCUT2D eigenvalue weighted by Crippen LogP contribution is -2.30. The Morgan fingerprint density at radius 2 is 1.90 bits per heavy atom. The predicted octanol–water partition coefficient (Wildman–Crippen LogP) is 5.78. The first-order valence-corrected chi connectivity index (χ1v) is 12.4. The van der Waals surface area contributed by atoms with Crippen molar-refractivity contribution in [3.8, 4) is 11.5 Å². The molecule has 1 aromatic heterocycles. The molecule has 1 N–H and O–H groups in total. The number of rotatable bonds is 10. The smallest absolute Gasteiger partial charge is 0.373 e. The highest BCUT2D eigenvalue weighted by atomic mass is 35.5. The molecule has 1 aliphatic rings. The van der Waals surface area contributed by atoms with E-state index in [2.05, 4.69) is 16.6 Å². The largest absolute Gasteiger partial charge is 0.493 e. The summed E-state index contributed by atoms with van der Waals surface area (Å²) in [4.78, 5) is 38.1. The SMILES string of the molecule is C=CCc1cc(/C=C2\NC(=O)N(Cc3ccc(C(=O)OC)o3)C2=O)cc(OC)c1OCc1ccc(Cl)c(Cl)c1. The van der Waals surface area contributed by atoms with Crippen molar-refractivity contribution in [2.75, 3.05) is 14.2 Å². The second-order valence-corrected chi connectivity index (χ2v) is 9.19. The molecule has 0 aliphatic carbocycles. The highest BCUT2D eigenvalue weighted by molar-refractivity contribution is 6.42. The Morgan fingerprint density at radius 1 is 1.10 bits per heavy atom. The Kier molecular flexibility index (Phi) is 8.63. The molecule has 0 spiro atoms. The normalized spacial score (nSPS) is 13.9. The molecule has 1 fully saturated rings. The Labute approximate surface area is 234 Å². The van der Waals surface area contributed by atoms with Crippen LogP contribution in [0.15, 0.2) is 65.2 Å². The maximum Gasteiger partial charge on any atom is 0.373 e. The van der Waals surface area contributed by atoms with E-state index in [9.17, 15) is 14.4 Å². The molecule has 0 bridgehead atoms. The molecule has 3 amide bonds. The van der Waals surface area contributed by atoms with Gasteiger partial charge in [-0.3, -0.25) is 9.69 Å². The summed E-state index contributed by atoms with van der Waals surface area (Å²) in [6.07, 6.45) is 3.71. The summed E-state index contributed by atoms with van der Waals surface area (Å²) in [5.41, 5.74) is 2.24. The summed E-state index contributed by atoms with van der Waals surface area (Å²) in [6, 6.07) is 11.0. The van der Waals surface area contributed by atoms with Crippen LogP contribution < -0.4 is 14.8 Å². The molecule has 2 aromatic carbocycles. The summed E-state index contributed by atoms with van der Waals surface area (Å²) < 4.78 is 21.7. The molecule has 0 atom stereocenters. The van der Waals surface area contributed by atoms with Gasteiger partial charge in [0.25, 0.3) is 5.91 Å². The lowest BCUT2D eigenvalue weighted by molar-refractivity contribution is -0.123. The van der Waals surface area contributed by atoms with Gasteiger partial charge >= 0.3 is 12.0 Å². The van der Waals surface area contributed by atoms with Crippen LogP contribution in [0.3, 0.4) is 0 Å². The highest BCUT2D eigenvalue weighted by Crippen LogP contribution is 2.35. The summed E-state index contributed by atoms with van der Waals surface area (Å²) in [5.74, 6) is -0.0563. The minimum Gasteiger partial charge on any atom is -0.493 e. The van der Waals surface area contributed by atoms with Crippen LogP contribution in [0.4, 0.5) is 4.79 Å². The van der Waals surface area contributed by atoms with Crippen LogP contribution in [-0.4, -0.2) is 37.0 Å². The summed E-state index contributed by atoms with van der Waals surface area (Å²) in [6.45, 7) is 3.87. The van der Waals surface area contributed by atoms with Crippen molar-refractivity contribution in [1.82, 2.24) is 10.2 Å². The molecule has 202 valence electrons. The van der Waals surface area contributed by atoms with Crippen LogP contribution in [0.1, 0.15) is 33.0 Å². The highest BCUT2D eigenvalue weighted by Gasteiger charge is 2.34. The summed E-state index contributed by atoms with van der Waals surface area (Å²) in [5, 5.41) is 3.44. The van der Waals surface area contributed by atoms with Crippen molar-refractivity contribution in [3.05, 3.63) is 99.1 Å². The number of amides is 3. The molecule has 11 heteroatoms. The van der Waals surface area contributed by atoms with E-state index >= 15 is 0 Å². The third kappa shape index (κ3) is 6.27. The number of allylic oxidation sites excluding steroid dienone is 1. The van der Waals surface area contributed by atoms with E-state index in [-0.39, 0.29) is 30.4 Å². The number of furan rings is 1. The maximum atomic E-state index is 13.0. The van der Waals surface area contributed by atoms with Crippen molar-refractivity contribution in [2.24, 2.45) is 0 Å². The molecule has 1 saturated heterocycles. The third-order valence-electron chi connectivity index (χ3n) is 5.74. The number of nitrogens with zero attached hydrogens (tertiary/aromatic N) is 1. The lowest BCUT2D eigenvalue weighted by atomic mass is 10.0. The average molecular weight is 571 g/mol. The van der Waals surface area contributed by atoms with Gasteiger partial charge in [-0.15, -0.1) is 6.58 Å². The number of nitrogens with one attached hydrogen (secondary N) is 1. The monoisotopic (exact) mass is 570 g/mol. The number of methoxy groups -OCH3 is 2.